The first-order valence-corrected chi connectivity index (χ1v) is 17.2. The maximum absolute atomic E-state index is 14.0. The molecular formula is C42H38O12. The Kier molecular flexibility index (Phi) is 12.0. The molecule has 2 heterocycles. The molecule has 12 nitrogen and oxygen atoms in total. The third-order valence-corrected chi connectivity index (χ3v) is 9.28. The van der Waals surface area contributed by atoms with Gasteiger partial charge in [0.2, 0.25) is 0 Å². The highest BCUT2D eigenvalue weighted by Gasteiger charge is 2.59. The molecule has 4 aromatic carbocycles. The van der Waals surface area contributed by atoms with Crippen molar-refractivity contribution in [3.63, 3.8) is 0 Å². The van der Waals surface area contributed by atoms with Crippen LogP contribution in [-0.2, 0) is 42.7 Å². The predicted molar refractivity (Wildman–Crippen MR) is 192 cm³/mol. The number of methoxy groups -OCH3 is 2. The second-order valence-corrected chi connectivity index (χ2v) is 12.6. The van der Waals surface area contributed by atoms with Crippen molar-refractivity contribution >= 4 is 35.4 Å². The quantitative estimate of drug-likeness (QED) is 0.119. The van der Waals surface area contributed by atoms with E-state index in [2.05, 4.69) is 0 Å². The van der Waals surface area contributed by atoms with Crippen molar-refractivity contribution in [2.45, 2.75) is 43.5 Å². The van der Waals surface area contributed by atoms with Crippen LogP contribution in [0.25, 0.3) is 5.57 Å². The van der Waals surface area contributed by atoms with Crippen LogP contribution >= 0.6 is 0 Å². The Balaban J connectivity index is 1.52. The molecule has 6 rings (SSSR count). The fraction of sp³-hybridized carbons (Fsp3) is 0.262. The summed E-state index contributed by atoms with van der Waals surface area (Å²) in [5, 5.41) is 0. The maximum Gasteiger partial charge on any atom is 0.338 e. The molecule has 54 heavy (non-hydrogen) atoms. The molecule has 0 radical (unpaired) electrons. The number of ether oxygens (including phenoxy) is 7. The summed E-state index contributed by atoms with van der Waals surface area (Å²) in [7, 11) is 2.28. The number of esters is 5. The monoisotopic (exact) mass is 734 g/mol. The lowest BCUT2D eigenvalue weighted by Crippen LogP contribution is -2.63. The zero-order chi connectivity index (χ0) is 38.1. The van der Waals surface area contributed by atoms with E-state index in [1.54, 1.807) is 72.8 Å². The van der Waals surface area contributed by atoms with E-state index in [-0.39, 0.29) is 29.7 Å². The molecule has 0 aromatic heterocycles. The number of allylic oxidation sites excluding steroid dienone is 1. The summed E-state index contributed by atoms with van der Waals surface area (Å²) < 4.78 is 41.5. The van der Waals surface area contributed by atoms with Gasteiger partial charge in [-0.1, -0.05) is 91.0 Å². The summed E-state index contributed by atoms with van der Waals surface area (Å²) in [5.74, 6) is -4.38. The van der Waals surface area contributed by atoms with Gasteiger partial charge in [0.1, 0.15) is 6.10 Å². The fourth-order valence-electron chi connectivity index (χ4n) is 6.59. The molecule has 2 aliphatic rings. The molecule has 12 heteroatoms. The second kappa shape index (κ2) is 17.1. The highest BCUT2D eigenvalue weighted by Crippen LogP contribution is 2.43. The molecule has 4 aromatic rings. The number of rotatable bonds is 9. The topological polar surface area (TPSA) is 150 Å². The van der Waals surface area contributed by atoms with E-state index in [4.69, 9.17) is 33.2 Å². The molecule has 0 saturated carbocycles. The minimum Gasteiger partial charge on any atom is -0.468 e. The van der Waals surface area contributed by atoms with Gasteiger partial charge in [0.25, 0.3) is 0 Å². The number of carbonyl (C=O) groups is 5. The standard InChI is InChI=1S/C42H38O12/c1-48-40(46)42(41(47)49-2)25-31(27-15-7-3-8-16-27)23-24-50-39-35(54-38(45)30-21-13-6-14-22-30)34(53-37(44)29-19-11-5-12-20-29)33(32(26-42)51-39)52-36(43)28-17-9-4-10-18-28/h3-23,32-35,39H,24-26H2,1-2H3/b31-23+/t32-,33-,34+,35-,39-/m1/s1. The Bertz CT molecular complexity index is 1950. The van der Waals surface area contributed by atoms with E-state index in [0.717, 1.165) is 14.2 Å². The minimum absolute atomic E-state index is 0.142. The highest BCUT2D eigenvalue weighted by molar-refractivity contribution is 6.02. The van der Waals surface area contributed by atoms with E-state index < -0.39 is 72.4 Å². The van der Waals surface area contributed by atoms with Gasteiger partial charge in [0, 0.05) is 6.42 Å². The number of hydrogen-bond acceptors (Lipinski definition) is 12. The van der Waals surface area contributed by atoms with E-state index in [1.165, 1.54) is 36.4 Å². The smallest absolute Gasteiger partial charge is 0.338 e. The third-order valence-electron chi connectivity index (χ3n) is 9.28. The first-order valence-electron chi connectivity index (χ1n) is 17.2. The van der Waals surface area contributed by atoms with Crippen LogP contribution in [0.5, 0.6) is 0 Å². The van der Waals surface area contributed by atoms with Crippen molar-refractivity contribution in [1.82, 2.24) is 0 Å². The van der Waals surface area contributed by atoms with Crippen LogP contribution < -0.4 is 0 Å². The zero-order valence-corrected chi connectivity index (χ0v) is 29.5. The van der Waals surface area contributed by atoms with Crippen LogP contribution in [0, 0.1) is 5.41 Å². The average Bonchev–Trinajstić information content (AvgIpc) is 3.22. The van der Waals surface area contributed by atoms with Crippen molar-refractivity contribution in [3.05, 3.63) is 150 Å². The molecule has 278 valence electrons. The van der Waals surface area contributed by atoms with Crippen molar-refractivity contribution in [3.8, 4) is 0 Å². The lowest BCUT2D eigenvalue weighted by atomic mass is 9.73. The normalized spacial score (nSPS) is 22.9. The molecule has 2 aliphatic heterocycles. The van der Waals surface area contributed by atoms with Crippen molar-refractivity contribution < 1.29 is 57.1 Å². The van der Waals surface area contributed by atoms with Gasteiger partial charge in [0.05, 0.1) is 37.5 Å². The predicted octanol–water partition coefficient (Wildman–Crippen LogP) is 5.61. The van der Waals surface area contributed by atoms with Gasteiger partial charge >= 0.3 is 29.8 Å². The number of carbonyl (C=O) groups excluding carboxylic acids is 5. The SMILES string of the molecule is COC(=O)C1(C(=O)OC)C/C(c2ccccc2)=C\CO[C@@H]2O[C@H](C1)[C@@H](OC(=O)c1ccccc1)[C@H](OC(=O)c1ccccc1)[C@H]2OC(=O)c1ccccc1. The lowest BCUT2D eigenvalue weighted by Gasteiger charge is -2.46. The van der Waals surface area contributed by atoms with Crippen LogP contribution in [0.2, 0.25) is 0 Å². The van der Waals surface area contributed by atoms with Gasteiger partial charge in [-0.15, -0.1) is 0 Å². The van der Waals surface area contributed by atoms with Gasteiger partial charge in [-0.2, -0.15) is 0 Å². The van der Waals surface area contributed by atoms with E-state index in [9.17, 15) is 24.0 Å². The summed E-state index contributed by atoms with van der Waals surface area (Å²) in [6.07, 6.45) is -6.65. The average molecular weight is 735 g/mol. The fourth-order valence-corrected chi connectivity index (χ4v) is 6.59. The Morgan fingerprint density at radius 1 is 0.574 bits per heavy atom. The molecule has 2 bridgehead atoms. The Morgan fingerprint density at radius 3 is 1.46 bits per heavy atom. The van der Waals surface area contributed by atoms with E-state index in [1.807, 2.05) is 18.2 Å². The molecule has 0 spiro atoms. The Hall–Kier alpha value is -6.11. The van der Waals surface area contributed by atoms with E-state index >= 15 is 0 Å². The maximum atomic E-state index is 14.0. The zero-order valence-electron chi connectivity index (χ0n) is 29.5. The molecular weight excluding hydrogens is 696 g/mol. The minimum atomic E-state index is -2.07. The van der Waals surface area contributed by atoms with Crippen molar-refractivity contribution in [1.29, 1.82) is 0 Å². The Labute approximate surface area is 311 Å². The van der Waals surface area contributed by atoms with Crippen LogP contribution in [0.1, 0.15) is 49.5 Å². The third kappa shape index (κ3) is 8.25. The summed E-state index contributed by atoms with van der Waals surface area (Å²) in [6, 6.07) is 33.2. The Morgan fingerprint density at radius 2 is 1.00 bits per heavy atom. The molecule has 0 aliphatic carbocycles. The van der Waals surface area contributed by atoms with Crippen LogP contribution in [0.15, 0.2) is 127 Å². The van der Waals surface area contributed by atoms with Crippen LogP contribution in [-0.4, -0.2) is 81.4 Å². The molecule has 5 atom stereocenters. The summed E-state index contributed by atoms with van der Waals surface area (Å²) in [5.41, 5.74) is -0.395. The summed E-state index contributed by atoms with van der Waals surface area (Å²) in [4.78, 5) is 69.2. The molecule has 0 unspecified atom stereocenters. The van der Waals surface area contributed by atoms with Crippen LogP contribution in [0.3, 0.4) is 0 Å². The number of fused-ring (bicyclic) bond motifs is 2. The van der Waals surface area contributed by atoms with Crippen molar-refractivity contribution in [2.75, 3.05) is 20.8 Å². The first kappa shape index (κ1) is 37.6. The second-order valence-electron chi connectivity index (χ2n) is 12.6. The number of hydrogen-bond donors (Lipinski definition) is 0. The molecule has 0 N–H and O–H groups in total. The highest BCUT2D eigenvalue weighted by atomic mass is 16.7. The largest absolute Gasteiger partial charge is 0.468 e. The molecule has 1 fully saturated rings. The van der Waals surface area contributed by atoms with Crippen LogP contribution in [0.4, 0.5) is 0 Å². The van der Waals surface area contributed by atoms with E-state index in [0.29, 0.717) is 11.1 Å². The summed E-state index contributed by atoms with van der Waals surface area (Å²) in [6.45, 7) is -0.173. The van der Waals surface area contributed by atoms with Gasteiger partial charge in [-0.25, -0.2) is 14.4 Å². The molecule has 0 amide bonds. The molecule has 1 saturated heterocycles. The van der Waals surface area contributed by atoms with Gasteiger partial charge in [-0.05, 0) is 54.0 Å². The first-order chi connectivity index (χ1) is 26.2. The lowest BCUT2D eigenvalue weighted by molar-refractivity contribution is -0.296. The van der Waals surface area contributed by atoms with Gasteiger partial charge in [0.15, 0.2) is 30.0 Å². The van der Waals surface area contributed by atoms with Crippen molar-refractivity contribution in [2.24, 2.45) is 5.41 Å². The number of benzene rings is 4. The van der Waals surface area contributed by atoms with Gasteiger partial charge in [-0.3, -0.25) is 9.59 Å². The summed E-state index contributed by atoms with van der Waals surface area (Å²) >= 11 is 0. The van der Waals surface area contributed by atoms with Gasteiger partial charge < -0.3 is 33.2 Å².